The third kappa shape index (κ3) is 5.52. The second kappa shape index (κ2) is 11.0. The Morgan fingerprint density at radius 3 is 2.50 bits per heavy atom. The molecule has 1 fully saturated rings. The Balaban J connectivity index is 1.43. The Labute approximate surface area is 211 Å². The lowest BCUT2D eigenvalue weighted by atomic mass is 9.88. The molecule has 1 amide bonds. The Hall–Kier alpha value is -2.25. The summed E-state index contributed by atoms with van der Waals surface area (Å²) in [7, 11) is 3.39. The summed E-state index contributed by atoms with van der Waals surface area (Å²) in [5.41, 5.74) is 4.28. The fourth-order valence-corrected chi connectivity index (χ4v) is 5.67. The highest BCUT2D eigenvalue weighted by Gasteiger charge is 2.26. The largest absolute Gasteiger partial charge is 0.496 e. The van der Waals surface area contributed by atoms with Gasteiger partial charge in [0.15, 0.2) is 0 Å². The van der Waals surface area contributed by atoms with E-state index in [1.807, 2.05) is 18.2 Å². The zero-order chi connectivity index (χ0) is 24.2. The number of rotatable bonds is 6. The van der Waals surface area contributed by atoms with Gasteiger partial charge in [0.2, 0.25) is 5.91 Å². The van der Waals surface area contributed by atoms with Crippen molar-refractivity contribution in [2.24, 2.45) is 5.92 Å². The number of hydrogen-bond donors (Lipinski definition) is 2. The highest BCUT2D eigenvalue weighted by molar-refractivity contribution is 9.10. The molecule has 6 nitrogen and oxygen atoms in total. The second-order valence-corrected chi connectivity index (χ2v) is 10.5. The predicted octanol–water partition coefficient (Wildman–Crippen LogP) is 5.67. The molecule has 1 unspecified atom stereocenters. The smallest absolute Gasteiger partial charge is 0.229 e. The van der Waals surface area contributed by atoms with E-state index >= 15 is 0 Å². The number of piperidine rings is 1. The first-order valence-corrected chi connectivity index (χ1v) is 13.0. The second-order valence-electron chi connectivity index (χ2n) is 9.61. The zero-order valence-electron chi connectivity index (χ0n) is 20.6. The molecule has 0 aliphatic carbocycles. The normalized spacial score (nSPS) is 19.2. The molecule has 1 saturated heterocycles. The molecular formula is C27H36BrN3O3. The molecule has 0 bridgehead atoms. The lowest BCUT2D eigenvalue weighted by molar-refractivity contribution is -0.119. The van der Waals surface area contributed by atoms with Crippen molar-refractivity contribution < 1.29 is 14.3 Å². The van der Waals surface area contributed by atoms with Gasteiger partial charge in [-0.2, -0.15) is 0 Å². The van der Waals surface area contributed by atoms with E-state index in [1.54, 1.807) is 14.2 Å². The summed E-state index contributed by atoms with van der Waals surface area (Å²) in [5, 5.41) is 6.63. The number of amides is 1. The van der Waals surface area contributed by atoms with E-state index in [2.05, 4.69) is 57.4 Å². The maximum absolute atomic E-state index is 13.2. The summed E-state index contributed by atoms with van der Waals surface area (Å²) in [5.74, 6) is 2.09. The van der Waals surface area contributed by atoms with Gasteiger partial charge in [-0.15, -0.1) is 0 Å². The van der Waals surface area contributed by atoms with Gasteiger partial charge in [-0.25, -0.2) is 0 Å². The molecule has 34 heavy (non-hydrogen) atoms. The first-order chi connectivity index (χ1) is 16.4. The Morgan fingerprint density at radius 2 is 1.82 bits per heavy atom. The Kier molecular flexibility index (Phi) is 8.04. The Morgan fingerprint density at radius 1 is 1.09 bits per heavy atom. The maximum Gasteiger partial charge on any atom is 0.229 e. The van der Waals surface area contributed by atoms with Crippen LogP contribution in [0.5, 0.6) is 11.5 Å². The van der Waals surface area contributed by atoms with Crippen LogP contribution in [-0.2, 0) is 11.2 Å². The van der Waals surface area contributed by atoms with Gasteiger partial charge in [0.25, 0.3) is 0 Å². The summed E-state index contributed by atoms with van der Waals surface area (Å²) in [6.45, 7) is 7.30. The number of anilines is 2. The molecule has 0 radical (unpaired) electrons. The van der Waals surface area contributed by atoms with Gasteiger partial charge in [-0.05, 0) is 110 Å². The molecule has 4 rings (SSSR count). The first kappa shape index (κ1) is 24.9. The van der Waals surface area contributed by atoms with E-state index in [0.29, 0.717) is 18.5 Å². The van der Waals surface area contributed by atoms with E-state index in [0.717, 1.165) is 66.1 Å². The molecule has 2 aliphatic heterocycles. The van der Waals surface area contributed by atoms with Crippen LogP contribution in [0.2, 0.25) is 0 Å². The summed E-state index contributed by atoms with van der Waals surface area (Å²) in [6.07, 6.45) is 3.85. The predicted molar refractivity (Wildman–Crippen MR) is 141 cm³/mol. The van der Waals surface area contributed by atoms with Gasteiger partial charge in [-0.3, -0.25) is 4.79 Å². The van der Waals surface area contributed by atoms with Gasteiger partial charge in [0.05, 0.1) is 24.6 Å². The number of ether oxygens (including phenoxy) is 2. The monoisotopic (exact) mass is 529 g/mol. The van der Waals surface area contributed by atoms with E-state index in [-0.39, 0.29) is 11.8 Å². The number of nitrogens with one attached hydrogen (secondary N) is 2. The van der Waals surface area contributed by atoms with Crippen molar-refractivity contribution in [3.05, 3.63) is 45.9 Å². The molecule has 2 heterocycles. The average Bonchev–Trinajstić information content (AvgIpc) is 3.05. The van der Waals surface area contributed by atoms with Crippen molar-refractivity contribution in [3.8, 4) is 11.5 Å². The number of nitrogens with zero attached hydrogens (tertiary/aromatic N) is 1. The van der Waals surface area contributed by atoms with Crippen molar-refractivity contribution in [2.75, 3.05) is 44.5 Å². The van der Waals surface area contributed by atoms with Crippen LogP contribution in [0.15, 0.2) is 34.8 Å². The fraction of sp³-hybridized carbons (Fsp3) is 0.519. The summed E-state index contributed by atoms with van der Waals surface area (Å²) in [4.78, 5) is 15.7. The summed E-state index contributed by atoms with van der Waals surface area (Å²) < 4.78 is 12.0. The van der Waals surface area contributed by atoms with Crippen molar-refractivity contribution in [3.63, 3.8) is 0 Å². The highest BCUT2D eigenvalue weighted by atomic mass is 79.9. The quantitative estimate of drug-likeness (QED) is 0.504. The molecular weight excluding hydrogens is 494 g/mol. The van der Waals surface area contributed by atoms with E-state index in [1.165, 1.54) is 11.1 Å². The van der Waals surface area contributed by atoms with Crippen molar-refractivity contribution in [1.29, 1.82) is 0 Å². The SMILES string of the molecule is COc1cc2c(cc1Br)CCC(C(=O)Nc1ccc(OC)c(C3CCN(C(C)C)CC3)c1)CN2. The number of halogens is 1. The number of likely N-dealkylation sites (tertiary alicyclic amines) is 1. The minimum absolute atomic E-state index is 0.0529. The van der Waals surface area contributed by atoms with Gasteiger partial charge in [0, 0.05) is 30.0 Å². The molecule has 1 atom stereocenters. The molecule has 2 aromatic carbocycles. The van der Waals surface area contributed by atoms with E-state index < -0.39 is 0 Å². The maximum atomic E-state index is 13.2. The van der Waals surface area contributed by atoms with E-state index in [4.69, 9.17) is 9.47 Å². The van der Waals surface area contributed by atoms with Crippen molar-refractivity contribution >= 4 is 33.2 Å². The number of carbonyl (C=O) groups is 1. The van der Waals surface area contributed by atoms with Gasteiger partial charge >= 0.3 is 0 Å². The lowest BCUT2D eigenvalue weighted by Gasteiger charge is -2.35. The van der Waals surface area contributed by atoms with Crippen molar-refractivity contribution in [1.82, 2.24) is 4.90 Å². The average molecular weight is 531 g/mol. The number of fused-ring (bicyclic) bond motifs is 1. The molecule has 0 spiro atoms. The van der Waals surface area contributed by atoms with Crippen LogP contribution >= 0.6 is 15.9 Å². The molecule has 2 N–H and O–H groups in total. The van der Waals surface area contributed by atoms with Gasteiger partial charge in [0.1, 0.15) is 11.5 Å². The number of carbonyl (C=O) groups excluding carboxylic acids is 1. The third-order valence-electron chi connectivity index (χ3n) is 7.25. The lowest BCUT2D eigenvalue weighted by Crippen LogP contribution is -2.37. The molecule has 2 aliphatic rings. The van der Waals surface area contributed by atoms with Crippen LogP contribution < -0.4 is 20.1 Å². The minimum Gasteiger partial charge on any atom is -0.496 e. The number of benzene rings is 2. The number of aryl methyl sites for hydroxylation is 1. The molecule has 2 aromatic rings. The molecule has 0 saturated carbocycles. The number of hydrogen-bond acceptors (Lipinski definition) is 5. The highest BCUT2D eigenvalue weighted by Crippen LogP contribution is 2.37. The van der Waals surface area contributed by atoms with Gasteiger partial charge < -0.3 is 25.0 Å². The fourth-order valence-electron chi connectivity index (χ4n) is 5.11. The van der Waals surface area contributed by atoms with Gasteiger partial charge in [-0.1, -0.05) is 0 Å². The Bertz CT molecular complexity index is 1020. The molecule has 184 valence electrons. The molecule has 0 aromatic heterocycles. The topological polar surface area (TPSA) is 62.8 Å². The summed E-state index contributed by atoms with van der Waals surface area (Å²) in [6, 6.07) is 10.7. The van der Waals surface area contributed by atoms with Crippen LogP contribution in [0.25, 0.3) is 0 Å². The van der Waals surface area contributed by atoms with Crippen LogP contribution in [0, 0.1) is 5.92 Å². The van der Waals surface area contributed by atoms with Crippen molar-refractivity contribution in [2.45, 2.75) is 51.5 Å². The van der Waals surface area contributed by atoms with Crippen LogP contribution in [0.4, 0.5) is 11.4 Å². The zero-order valence-corrected chi connectivity index (χ0v) is 22.2. The van der Waals surface area contributed by atoms with Crippen LogP contribution in [-0.4, -0.2) is 50.7 Å². The third-order valence-corrected chi connectivity index (χ3v) is 7.87. The summed E-state index contributed by atoms with van der Waals surface area (Å²) >= 11 is 3.57. The number of methoxy groups -OCH3 is 2. The minimum atomic E-state index is -0.114. The standard InChI is InChI=1S/C27H36BrN3O3/c1-17(2)31-11-9-18(10-12-31)22-14-21(7-8-25(22)33-3)30-27(32)20-6-5-19-13-23(28)26(34-4)15-24(19)29-16-20/h7-8,13-15,17-18,20,29H,5-6,9-12,16H2,1-4H3,(H,30,32). The molecule has 7 heteroatoms. The van der Waals surface area contributed by atoms with Crippen LogP contribution in [0.1, 0.15) is 50.2 Å². The van der Waals surface area contributed by atoms with E-state index in [9.17, 15) is 4.79 Å². The van der Waals surface area contributed by atoms with Crippen LogP contribution in [0.3, 0.4) is 0 Å². The first-order valence-electron chi connectivity index (χ1n) is 12.2.